The molecule has 1 fully saturated rings. The Morgan fingerprint density at radius 2 is 1.74 bits per heavy atom. The van der Waals surface area contributed by atoms with E-state index < -0.39 is 11.1 Å². The predicted octanol–water partition coefficient (Wildman–Crippen LogP) is 6.86. The summed E-state index contributed by atoms with van der Waals surface area (Å²) in [5.41, 5.74) is -0.182. The van der Waals surface area contributed by atoms with Gasteiger partial charge in [-0.3, -0.25) is 0 Å². The molecule has 210 valence electrons. The van der Waals surface area contributed by atoms with E-state index in [1.807, 2.05) is 81.8 Å². The lowest BCUT2D eigenvalue weighted by Crippen LogP contribution is -2.57. The van der Waals surface area contributed by atoms with Crippen LogP contribution >= 0.6 is 45.5 Å². The molecule has 11 nitrogen and oxygen atoms in total. The molecule has 2 aromatic carbocycles. The number of hydrogen-bond donors (Lipinski definition) is 0. The van der Waals surface area contributed by atoms with E-state index in [1.54, 1.807) is 12.4 Å². The van der Waals surface area contributed by atoms with E-state index in [2.05, 4.69) is 9.47 Å². The lowest BCUT2D eigenvalue weighted by atomic mass is 9.76. The van der Waals surface area contributed by atoms with Crippen molar-refractivity contribution in [2.75, 3.05) is 10.2 Å². The standard InChI is InChI=1S/C28H16N8O3S4/c1-3-8-19-17(6-1)31-23(38-19)28(22-10-5-14-40-22)27(21-16-42-34-33-21,24-29-12-15-41-24)35(36(39-28)25-30-11-13-37-25)26-32-18-7-2-4-9-20(18)43-26/h1-16H. The number of hydrogen-bond acceptors (Lipinski definition) is 15. The van der Waals surface area contributed by atoms with Gasteiger partial charge in [0.25, 0.3) is 0 Å². The number of rotatable bonds is 6. The number of thiophene rings is 1. The molecule has 6 aromatic heterocycles. The fourth-order valence-corrected chi connectivity index (χ4v) is 8.80. The highest BCUT2D eigenvalue weighted by atomic mass is 32.1. The quantitative estimate of drug-likeness (QED) is 0.190. The van der Waals surface area contributed by atoms with Crippen molar-refractivity contribution in [3.63, 3.8) is 0 Å². The van der Waals surface area contributed by atoms with Crippen LogP contribution < -0.4 is 10.2 Å². The zero-order valence-electron chi connectivity index (χ0n) is 21.7. The number of oxazole rings is 2. The van der Waals surface area contributed by atoms with Crippen LogP contribution in [0.3, 0.4) is 0 Å². The molecule has 0 radical (unpaired) electrons. The van der Waals surface area contributed by atoms with E-state index in [1.165, 1.54) is 57.0 Å². The largest absolute Gasteiger partial charge is 0.437 e. The molecule has 0 N–H and O–H groups in total. The molecule has 7 heterocycles. The molecular weight excluding hydrogens is 625 g/mol. The van der Waals surface area contributed by atoms with Crippen LogP contribution in [0.5, 0.6) is 0 Å². The summed E-state index contributed by atoms with van der Waals surface area (Å²) in [6.45, 7) is 0. The number of anilines is 2. The summed E-state index contributed by atoms with van der Waals surface area (Å²) < 4.78 is 17.8. The smallest absolute Gasteiger partial charge is 0.342 e. The lowest BCUT2D eigenvalue weighted by Gasteiger charge is -2.40. The Morgan fingerprint density at radius 3 is 2.49 bits per heavy atom. The predicted molar refractivity (Wildman–Crippen MR) is 164 cm³/mol. The second kappa shape index (κ2) is 9.48. The summed E-state index contributed by atoms with van der Waals surface area (Å²) in [5.74, 6) is 0.305. The van der Waals surface area contributed by atoms with Crippen molar-refractivity contribution in [1.82, 2.24) is 29.5 Å². The summed E-state index contributed by atoms with van der Waals surface area (Å²) in [5, 5.41) is 15.2. The molecular formula is C28H16N8O3S4. The molecule has 1 aliphatic rings. The third-order valence-electron chi connectivity index (χ3n) is 7.21. The van der Waals surface area contributed by atoms with Crippen LogP contribution in [0.15, 0.2) is 104 Å². The van der Waals surface area contributed by atoms with Crippen molar-refractivity contribution in [2.45, 2.75) is 11.1 Å². The molecule has 2 unspecified atom stereocenters. The minimum Gasteiger partial charge on any atom is -0.437 e. The van der Waals surface area contributed by atoms with Crippen molar-refractivity contribution in [2.24, 2.45) is 0 Å². The first-order valence-corrected chi connectivity index (χ1v) is 16.3. The molecule has 0 bridgehead atoms. The van der Waals surface area contributed by atoms with Crippen molar-refractivity contribution in [3.8, 4) is 0 Å². The number of thiazole rings is 2. The topological polar surface area (TPSA) is 119 Å². The minimum absolute atomic E-state index is 0.179. The van der Waals surface area contributed by atoms with Gasteiger partial charge in [-0.25, -0.2) is 24.8 Å². The summed E-state index contributed by atoms with van der Waals surface area (Å²) in [4.78, 5) is 27.6. The van der Waals surface area contributed by atoms with E-state index in [-0.39, 0.29) is 6.01 Å². The molecule has 1 aliphatic heterocycles. The molecule has 0 amide bonds. The van der Waals surface area contributed by atoms with Gasteiger partial charge in [-0.2, -0.15) is 4.98 Å². The van der Waals surface area contributed by atoms with Crippen molar-refractivity contribution in [3.05, 3.63) is 117 Å². The number of aromatic nitrogens is 6. The van der Waals surface area contributed by atoms with Gasteiger partial charge in [-0.15, -0.1) is 27.8 Å². The minimum atomic E-state index is -1.50. The Labute approximate surface area is 258 Å². The summed E-state index contributed by atoms with van der Waals surface area (Å²) in [6.07, 6.45) is 4.82. The van der Waals surface area contributed by atoms with Crippen LogP contribution in [-0.2, 0) is 16.0 Å². The Hall–Kier alpha value is -4.54. The first-order chi connectivity index (χ1) is 21.3. The Morgan fingerprint density at radius 1 is 0.837 bits per heavy atom. The van der Waals surface area contributed by atoms with Crippen molar-refractivity contribution in [1.29, 1.82) is 0 Å². The second-order valence-electron chi connectivity index (χ2n) is 9.44. The number of nitrogens with zero attached hydrogens (tertiary/aromatic N) is 8. The Bertz CT molecular complexity index is 2060. The number of hydrazine groups is 1. The highest BCUT2D eigenvalue weighted by molar-refractivity contribution is 7.22. The summed E-state index contributed by atoms with van der Waals surface area (Å²) in [6, 6.07) is 19.7. The van der Waals surface area contributed by atoms with E-state index in [0.717, 1.165) is 15.1 Å². The number of para-hydroxylation sites is 3. The molecule has 0 saturated carbocycles. The first kappa shape index (κ1) is 25.0. The van der Waals surface area contributed by atoms with Gasteiger partial charge in [-0.1, -0.05) is 51.3 Å². The highest BCUT2D eigenvalue weighted by Crippen LogP contribution is 2.63. The zero-order valence-corrected chi connectivity index (χ0v) is 24.9. The monoisotopic (exact) mass is 640 g/mol. The zero-order chi connectivity index (χ0) is 28.4. The molecule has 8 aromatic rings. The van der Waals surface area contributed by atoms with Crippen LogP contribution in [-0.4, -0.2) is 29.5 Å². The van der Waals surface area contributed by atoms with Gasteiger partial charge < -0.3 is 8.83 Å². The van der Waals surface area contributed by atoms with Crippen molar-refractivity contribution >= 4 is 78.0 Å². The van der Waals surface area contributed by atoms with Crippen LogP contribution in [0, 0.1) is 0 Å². The van der Waals surface area contributed by atoms with E-state index in [0.29, 0.717) is 32.8 Å². The average molecular weight is 641 g/mol. The first-order valence-electron chi connectivity index (χ1n) is 12.9. The Kier molecular flexibility index (Phi) is 5.51. The van der Waals surface area contributed by atoms with Crippen LogP contribution in [0.25, 0.3) is 21.3 Å². The average Bonchev–Trinajstić information content (AvgIpc) is 3.87. The van der Waals surface area contributed by atoms with E-state index in [4.69, 9.17) is 33.7 Å². The van der Waals surface area contributed by atoms with Gasteiger partial charge in [0, 0.05) is 17.0 Å². The maximum Gasteiger partial charge on any atom is 0.342 e. The van der Waals surface area contributed by atoms with Gasteiger partial charge in [0.1, 0.15) is 22.5 Å². The molecule has 15 heteroatoms. The number of benzene rings is 2. The number of fused-ring (bicyclic) bond motifs is 2. The third kappa shape index (κ3) is 3.41. The summed E-state index contributed by atoms with van der Waals surface area (Å²) in [7, 11) is 0. The maximum absolute atomic E-state index is 7.21. The van der Waals surface area contributed by atoms with Crippen LogP contribution in [0.4, 0.5) is 11.1 Å². The van der Waals surface area contributed by atoms with Gasteiger partial charge in [0.2, 0.25) is 22.2 Å². The van der Waals surface area contributed by atoms with E-state index in [9.17, 15) is 0 Å². The van der Waals surface area contributed by atoms with Crippen LogP contribution in [0.2, 0.25) is 0 Å². The fraction of sp³-hybridized carbons (Fsp3) is 0.0714. The van der Waals surface area contributed by atoms with E-state index >= 15 is 0 Å². The van der Waals surface area contributed by atoms with Gasteiger partial charge in [-0.05, 0) is 47.2 Å². The van der Waals surface area contributed by atoms with Gasteiger partial charge in [0.05, 0.1) is 21.3 Å². The van der Waals surface area contributed by atoms with Crippen LogP contribution in [0.1, 0.15) is 21.5 Å². The van der Waals surface area contributed by atoms with Gasteiger partial charge >= 0.3 is 6.01 Å². The maximum atomic E-state index is 7.21. The molecule has 43 heavy (non-hydrogen) atoms. The molecule has 9 rings (SSSR count). The molecule has 0 aliphatic carbocycles. The highest BCUT2D eigenvalue weighted by Gasteiger charge is 2.75. The summed E-state index contributed by atoms with van der Waals surface area (Å²) >= 11 is 5.70. The molecule has 0 spiro atoms. The SMILES string of the molecule is c1csc(C2(c3nc4ccccc4o3)ON(c3ncco3)N(c3nc4ccccc4s3)C2(c2csnn2)c2nccs2)c1. The second-order valence-corrected chi connectivity index (χ2v) is 12.9. The normalized spacial score (nSPS) is 20.6. The van der Waals surface area contributed by atoms with Crippen molar-refractivity contribution < 1.29 is 13.7 Å². The fourth-order valence-electron chi connectivity index (χ4n) is 5.52. The lowest BCUT2D eigenvalue weighted by molar-refractivity contribution is -0.0300. The molecule has 1 saturated heterocycles. The van der Waals surface area contributed by atoms with Gasteiger partial charge in [0.15, 0.2) is 5.58 Å². The molecule has 2 atom stereocenters. The third-order valence-corrected chi connectivity index (χ3v) is 10.6. The Balaban J connectivity index is 1.47.